The quantitative estimate of drug-likeness (QED) is 0.173. The van der Waals surface area contributed by atoms with Crippen LogP contribution in [0.1, 0.15) is 6.42 Å². The molecule has 1 aromatic rings. The molecule has 0 atom stereocenters. The lowest BCUT2D eigenvalue weighted by molar-refractivity contribution is -0.134. The van der Waals surface area contributed by atoms with Gasteiger partial charge in [-0.3, -0.25) is 0 Å². The summed E-state index contributed by atoms with van der Waals surface area (Å²) in [7, 11) is 0. The van der Waals surface area contributed by atoms with Crippen LogP contribution in [0.25, 0.3) is 0 Å². The average molecular weight is 409 g/mol. The highest BCUT2D eigenvalue weighted by molar-refractivity contribution is 5.91. The first-order valence-electron chi connectivity index (χ1n) is 7.38. The van der Waals surface area contributed by atoms with Gasteiger partial charge in [0, 0.05) is 31.4 Å². The number of alkyl halides is 3. The maximum atomic E-state index is 11.9. The third-order valence-electron chi connectivity index (χ3n) is 2.22. The molecule has 0 amide bonds. The van der Waals surface area contributed by atoms with E-state index in [0.717, 1.165) is 0 Å². The number of carbonyl (C=O) groups is 2. The van der Waals surface area contributed by atoms with Crippen LogP contribution in [0.3, 0.4) is 0 Å². The molecule has 0 spiro atoms. The first kappa shape index (κ1) is 24.6. The number of carboxylic acids is 2. The SMILES string of the molecule is NC(=NCC(F)(F)F)Nc1ccnc(OCCCO)n1.O=C(O)C=CC(=O)O. The molecule has 0 unspecified atom stereocenters. The van der Waals surface area contributed by atoms with E-state index >= 15 is 0 Å². The fourth-order valence-corrected chi connectivity index (χ4v) is 1.20. The molecule has 0 saturated carbocycles. The Bertz CT molecular complexity index is 680. The molecule has 0 bridgehead atoms. The zero-order valence-corrected chi connectivity index (χ0v) is 14.3. The average Bonchev–Trinajstić information content (AvgIpc) is 2.59. The molecule has 156 valence electrons. The largest absolute Gasteiger partial charge is 0.478 e. The van der Waals surface area contributed by atoms with Crippen molar-refractivity contribution in [3.05, 3.63) is 24.4 Å². The number of rotatable bonds is 8. The van der Waals surface area contributed by atoms with Gasteiger partial charge in [-0.25, -0.2) is 19.6 Å². The summed E-state index contributed by atoms with van der Waals surface area (Å²) in [5.41, 5.74) is 5.29. The number of guanidine groups is 1. The van der Waals surface area contributed by atoms with E-state index in [9.17, 15) is 22.8 Å². The molecule has 6 N–H and O–H groups in total. The van der Waals surface area contributed by atoms with Crippen molar-refractivity contribution in [1.29, 1.82) is 0 Å². The number of hydrogen-bond donors (Lipinski definition) is 5. The van der Waals surface area contributed by atoms with Gasteiger partial charge in [0.25, 0.3) is 0 Å². The third-order valence-corrected chi connectivity index (χ3v) is 2.22. The van der Waals surface area contributed by atoms with E-state index in [2.05, 4.69) is 20.3 Å². The highest BCUT2D eigenvalue weighted by Crippen LogP contribution is 2.14. The Morgan fingerprint density at radius 1 is 1.29 bits per heavy atom. The summed E-state index contributed by atoms with van der Waals surface area (Å²) in [6, 6.07) is 1.42. The number of aliphatic hydroxyl groups excluding tert-OH is 1. The van der Waals surface area contributed by atoms with Crippen LogP contribution in [-0.2, 0) is 9.59 Å². The molecule has 0 aliphatic carbocycles. The van der Waals surface area contributed by atoms with Crippen LogP contribution in [0, 0.1) is 0 Å². The van der Waals surface area contributed by atoms with E-state index in [1.165, 1.54) is 12.3 Å². The summed E-state index contributed by atoms with van der Waals surface area (Å²) in [6.45, 7) is -1.19. The van der Waals surface area contributed by atoms with Gasteiger partial charge in [-0.05, 0) is 6.07 Å². The molecule has 0 radical (unpaired) electrons. The minimum atomic E-state index is -4.42. The van der Waals surface area contributed by atoms with Crippen LogP contribution in [0.2, 0.25) is 0 Å². The number of ether oxygens (including phenoxy) is 1. The molecule has 1 rings (SSSR count). The predicted molar refractivity (Wildman–Crippen MR) is 89.8 cm³/mol. The molecular formula is C14H18F3N5O6. The Labute approximate surface area is 156 Å². The lowest BCUT2D eigenvalue weighted by atomic mass is 10.5. The number of hydrogen-bond acceptors (Lipinski definition) is 7. The van der Waals surface area contributed by atoms with Crippen LogP contribution in [0.4, 0.5) is 19.0 Å². The molecule has 0 aliphatic heterocycles. The molecule has 1 aromatic heterocycles. The van der Waals surface area contributed by atoms with Crippen LogP contribution in [0.5, 0.6) is 6.01 Å². The highest BCUT2D eigenvalue weighted by atomic mass is 19.4. The summed E-state index contributed by atoms with van der Waals surface area (Å²) < 4.78 is 40.9. The smallest absolute Gasteiger partial charge is 0.408 e. The number of aliphatic imine (C=N–C) groups is 1. The van der Waals surface area contributed by atoms with Crippen LogP contribution in [-0.4, -0.2) is 69.1 Å². The molecule has 11 nitrogen and oxygen atoms in total. The molecule has 0 aromatic carbocycles. The monoisotopic (exact) mass is 409 g/mol. The number of anilines is 1. The number of nitrogens with one attached hydrogen (secondary N) is 1. The number of aliphatic hydroxyl groups is 1. The van der Waals surface area contributed by atoms with Gasteiger partial charge in [0.1, 0.15) is 12.4 Å². The van der Waals surface area contributed by atoms with Crippen molar-refractivity contribution < 1.29 is 42.8 Å². The summed E-state index contributed by atoms with van der Waals surface area (Å²) in [5, 5.41) is 26.6. The van der Waals surface area contributed by atoms with Crippen molar-refractivity contribution >= 4 is 23.7 Å². The van der Waals surface area contributed by atoms with Crippen LogP contribution in [0.15, 0.2) is 29.4 Å². The summed E-state index contributed by atoms with van der Waals surface area (Å²) in [6.07, 6.45) is -1.54. The normalized spacial score (nSPS) is 11.5. The van der Waals surface area contributed by atoms with Gasteiger partial charge in [-0.2, -0.15) is 18.2 Å². The zero-order valence-electron chi connectivity index (χ0n) is 14.3. The second-order valence-electron chi connectivity index (χ2n) is 4.60. The Kier molecular flexibility index (Phi) is 11.3. The van der Waals surface area contributed by atoms with Crippen molar-refractivity contribution in [3.63, 3.8) is 0 Å². The molecule has 14 heteroatoms. The Hall–Kier alpha value is -3.42. The number of aromatic nitrogens is 2. The number of nitrogens with zero attached hydrogens (tertiary/aromatic N) is 3. The minimum Gasteiger partial charge on any atom is -0.478 e. The second-order valence-corrected chi connectivity index (χ2v) is 4.60. The summed E-state index contributed by atoms with van der Waals surface area (Å²) in [4.78, 5) is 29.9. The number of nitrogens with two attached hydrogens (primary N) is 1. The van der Waals surface area contributed by atoms with Crippen molar-refractivity contribution in [2.45, 2.75) is 12.6 Å². The summed E-state index contributed by atoms with van der Waals surface area (Å²) >= 11 is 0. The fraction of sp³-hybridized carbons (Fsp3) is 0.357. The molecule has 0 aliphatic rings. The number of carboxylic acid groups (broad SMARTS) is 2. The van der Waals surface area contributed by atoms with Crippen molar-refractivity contribution in [2.75, 3.05) is 25.1 Å². The van der Waals surface area contributed by atoms with Gasteiger partial charge >= 0.3 is 24.1 Å². The Balaban J connectivity index is 0.000000769. The predicted octanol–water partition coefficient (Wildman–Crippen LogP) is 0.238. The molecule has 0 fully saturated rings. The highest BCUT2D eigenvalue weighted by Gasteiger charge is 2.26. The van der Waals surface area contributed by atoms with Gasteiger partial charge in [0.05, 0.1) is 6.61 Å². The maximum absolute atomic E-state index is 11.9. The van der Waals surface area contributed by atoms with Crippen molar-refractivity contribution in [2.24, 2.45) is 10.7 Å². The van der Waals surface area contributed by atoms with E-state index < -0.39 is 30.6 Å². The van der Waals surface area contributed by atoms with E-state index in [1.54, 1.807) is 0 Å². The van der Waals surface area contributed by atoms with Gasteiger partial charge < -0.3 is 31.1 Å². The van der Waals surface area contributed by atoms with Gasteiger partial charge in [-0.1, -0.05) is 0 Å². The number of halogens is 3. The van der Waals surface area contributed by atoms with E-state index in [0.29, 0.717) is 18.6 Å². The van der Waals surface area contributed by atoms with Crippen LogP contribution < -0.4 is 15.8 Å². The van der Waals surface area contributed by atoms with E-state index in [4.69, 9.17) is 25.8 Å². The Morgan fingerprint density at radius 2 is 1.89 bits per heavy atom. The van der Waals surface area contributed by atoms with Gasteiger partial charge in [-0.15, -0.1) is 0 Å². The third kappa shape index (κ3) is 14.9. The molecule has 1 heterocycles. The van der Waals surface area contributed by atoms with Crippen LogP contribution >= 0.6 is 0 Å². The van der Waals surface area contributed by atoms with Crippen molar-refractivity contribution in [1.82, 2.24) is 9.97 Å². The number of aliphatic carboxylic acids is 2. The lowest BCUT2D eigenvalue weighted by Gasteiger charge is -2.07. The molecular weight excluding hydrogens is 391 g/mol. The van der Waals surface area contributed by atoms with E-state index in [-0.39, 0.29) is 25.0 Å². The zero-order chi connectivity index (χ0) is 21.6. The molecule has 28 heavy (non-hydrogen) atoms. The van der Waals surface area contributed by atoms with Gasteiger partial charge in [0.15, 0.2) is 5.96 Å². The minimum absolute atomic E-state index is 0.0204. The van der Waals surface area contributed by atoms with Gasteiger partial charge in [0.2, 0.25) is 0 Å². The molecule has 0 saturated heterocycles. The first-order chi connectivity index (χ1) is 13.0. The Morgan fingerprint density at radius 3 is 2.39 bits per heavy atom. The maximum Gasteiger partial charge on any atom is 0.408 e. The first-order valence-corrected chi connectivity index (χ1v) is 7.38. The van der Waals surface area contributed by atoms with E-state index in [1.807, 2.05) is 0 Å². The fourth-order valence-electron chi connectivity index (χ4n) is 1.20. The lowest BCUT2D eigenvalue weighted by Crippen LogP contribution is -2.26. The topological polar surface area (TPSA) is 180 Å². The summed E-state index contributed by atoms with van der Waals surface area (Å²) in [5.74, 6) is -2.77. The second kappa shape index (κ2) is 12.9. The van der Waals surface area contributed by atoms with Crippen molar-refractivity contribution in [3.8, 4) is 6.01 Å². The standard InChI is InChI=1S/C10H14F3N5O2.C4H4O4/c11-10(12,13)6-16-8(14)17-7-2-3-15-9(18-7)20-5-1-4-19;5-3(6)1-2-4(7)8/h2-3,19H,1,4-6H2,(H3,14,15,16,17,18);1-2H,(H,5,6)(H,7,8).